The van der Waals surface area contributed by atoms with Crippen molar-refractivity contribution in [1.29, 1.82) is 0 Å². The van der Waals surface area contributed by atoms with E-state index in [0.717, 1.165) is 25.8 Å². The number of rotatable bonds is 6. The second-order valence-corrected chi connectivity index (χ2v) is 12.0. The fraction of sp³-hybridized carbons (Fsp3) is 0.400. The number of nitrogens with two attached hydrogens (primary N) is 1. The summed E-state index contributed by atoms with van der Waals surface area (Å²) in [5.74, 6) is -0.853. The number of anilines is 2. The lowest BCUT2D eigenvalue weighted by molar-refractivity contribution is -0.658. The Bertz CT molecular complexity index is 1090. The third-order valence-corrected chi connectivity index (χ3v) is 9.98. The third-order valence-electron chi connectivity index (χ3n) is 6.51. The molecule has 2 aromatic carbocycles. The fourth-order valence-corrected chi connectivity index (χ4v) is 8.51. The van der Waals surface area contributed by atoms with Crippen LogP contribution in [0.2, 0.25) is 0 Å². The van der Waals surface area contributed by atoms with Crippen molar-refractivity contribution in [2.45, 2.75) is 51.4 Å². The molecule has 0 bridgehead atoms. The van der Waals surface area contributed by atoms with Crippen LogP contribution in [0, 0.1) is 0 Å². The highest BCUT2D eigenvalue weighted by atomic mass is 35.5. The first kappa shape index (κ1) is 26.9. The van der Waals surface area contributed by atoms with Crippen LogP contribution in [-0.2, 0) is 18.9 Å². The lowest BCUT2D eigenvalue weighted by atomic mass is 10.2. The predicted molar refractivity (Wildman–Crippen MR) is 133 cm³/mol. The molecular weight excluding hydrogens is 487 g/mol. The molecule has 0 radical (unpaired) electrons. The molecule has 188 valence electrons. The van der Waals surface area contributed by atoms with Gasteiger partial charge in [0.15, 0.2) is 13.2 Å². The summed E-state index contributed by atoms with van der Waals surface area (Å²) in [6, 6.07) is 14.0. The van der Waals surface area contributed by atoms with Crippen LogP contribution in [0.15, 0.2) is 48.5 Å². The molecule has 2 heterocycles. The lowest BCUT2D eigenvalue weighted by Crippen LogP contribution is -3.00. The number of halogens is 1. The standard InChI is InChI=1S/C25H31N4O4P.ClH/c1-17(30)27-19-7-3-9-21(15-19)34(33,22-10-4-8-20(16-22)28-18(2)31)24-12-6-14-29(24)25(32)23-11-5-13-26-23;/h3-4,7-10,15-16,23-24,26H,5-6,11-14H2,1-2H3,(H,27,30)(H,28,31);1H/t23-,24?;/m0./s1. The summed E-state index contributed by atoms with van der Waals surface area (Å²) in [6.45, 7) is 4.37. The van der Waals surface area contributed by atoms with E-state index >= 15 is 4.57 Å². The van der Waals surface area contributed by atoms with Crippen molar-refractivity contribution in [3.05, 3.63) is 48.5 Å². The van der Waals surface area contributed by atoms with E-state index in [1.165, 1.54) is 13.8 Å². The molecule has 4 rings (SSSR count). The average Bonchev–Trinajstić information content (AvgIpc) is 3.50. The number of likely N-dealkylation sites (tertiary alicyclic amines) is 1. The van der Waals surface area contributed by atoms with Crippen LogP contribution < -0.4 is 39.0 Å². The zero-order valence-electron chi connectivity index (χ0n) is 20.0. The van der Waals surface area contributed by atoms with Gasteiger partial charge >= 0.3 is 0 Å². The second kappa shape index (κ2) is 11.4. The smallest absolute Gasteiger partial charge is 0.281 e. The third kappa shape index (κ3) is 5.77. The van der Waals surface area contributed by atoms with Gasteiger partial charge in [0.25, 0.3) is 5.91 Å². The highest BCUT2D eigenvalue weighted by Gasteiger charge is 2.47. The summed E-state index contributed by atoms with van der Waals surface area (Å²) in [7, 11) is -3.37. The van der Waals surface area contributed by atoms with E-state index in [1.807, 2.05) is 4.90 Å². The minimum atomic E-state index is -3.37. The van der Waals surface area contributed by atoms with E-state index in [0.29, 0.717) is 34.9 Å². The molecule has 10 heteroatoms. The fourth-order valence-electron chi connectivity index (χ4n) is 5.08. The Morgan fingerprint density at radius 1 is 0.914 bits per heavy atom. The van der Waals surface area contributed by atoms with Crippen molar-refractivity contribution < 1.29 is 36.7 Å². The van der Waals surface area contributed by atoms with E-state index < -0.39 is 12.9 Å². The molecule has 2 aromatic rings. The first-order valence-electron chi connectivity index (χ1n) is 11.8. The molecule has 0 aliphatic carbocycles. The number of carbonyl (C=O) groups excluding carboxylic acids is 3. The first-order chi connectivity index (χ1) is 16.3. The number of nitrogens with one attached hydrogen (secondary N) is 2. The van der Waals surface area contributed by atoms with Crippen molar-refractivity contribution in [2.24, 2.45) is 0 Å². The average molecular weight is 519 g/mol. The van der Waals surface area contributed by atoms with Crippen molar-refractivity contribution >= 4 is 46.8 Å². The maximum atomic E-state index is 15.2. The lowest BCUT2D eigenvalue weighted by Gasteiger charge is -2.33. The van der Waals surface area contributed by atoms with Gasteiger partial charge in [-0.25, -0.2) is 0 Å². The molecular formula is C25H32ClN4O4P. The van der Waals surface area contributed by atoms with Crippen molar-refractivity contribution in [1.82, 2.24) is 4.90 Å². The van der Waals surface area contributed by atoms with Gasteiger partial charge in [-0.2, -0.15) is 0 Å². The number of amides is 3. The van der Waals surface area contributed by atoms with Crippen molar-refractivity contribution in [3.8, 4) is 0 Å². The van der Waals surface area contributed by atoms with E-state index in [2.05, 4.69) is 16.0 Å². The molecule has 2 aliphatic rings. The Hall–Kier alpha value is -2.67. The quantitative estimate of drug-likeness (QED) is 0.408. The highest BCUT2D eigenvalue weighted by Crippen LogP contribution is 2.54. The summed E-state index contributed by atoms with van der Waals surface area (Å²) in [6.07, 6.45) is 3.25. The Labute approximate surface area is 212 Å². The minimum Gasteiger partial charge on any atom is -1.00 e. The molecule has 2 aliphatic heterocycles. The van der Waals surface area contributed by atoms with Crippen LogP contribution in [0.5, 0.6) is 0 Å². The van der Waals surface area contributed by atoms with Crippen molar-refractivity contribution in [2.75, 3.05) is 23.7 Å². The summed E-state index contributed by atoms with van der Waals surface area (Å²) in [5.41, 5.74) is 1.12. The molecule has 2 atom stereocenters. The van der Waals surface area contributed by atoms with Gasteiger partial charge in [0.1, 0.15) is 0 Å². The van der Waals surface area contributed by atoms with E-state index in [9.17, 15) is 14.4 Å². The van der Waals surface area contributed by atoms with Gasteiger partial charge in [0, 0.05) is 55.2 Å². The number of quaternary nitrogens is 1. The molecule has 1 unspecified atom stereocenters. The van der Waals surface area contributed by atoms with Gasteiger partial charge in [0.2, 0.25) is 11.8 Å². The van der Waals surface area contributed by atoms with Crippen LogP contribution in [0.1, 0.15) is 39.5 Å². The molecule has 4 N–H and O–H groups in total. The largest absolute Gasteiger partial charge is 1.00 e. The number of benzene rings is 2. The Morgan fingerprint density at radius 2 is 1.49 bits per heavy atom. The van der Waals surface area contributed by atoms with Gasteiger partial charge < -0.3 is 37.8 Å². The monoisotopic (exact) mass is 518 g/mol. The summed E-state index contributed by atoms with van der Waals surface area (Å²) in [5, 5.41) is 8.79. The van der Waals surface area contributed by atoms with Gasteiger partial charge in [-0.1, -0.05) is 24.3 Å². The summed E-state index contributed by atoms with van der Waals surface area (Å²) >= 11 is 0. The molecule has 0 saturated carbocycles. The zero-order valence-corrected chi connectivity index (χ0v) is 21.6. The molecule has 3 amide bonds. The van der Waals surface area contributed by atoms with Gasteiger partial charge in [-0.3, -0.25) is 14.4 Å². The normalized spacial score (nSPS) is 19.7. The van der Waals surface area contributed by atoms with Crippen LogP contribution in [0.4, 0.5) is 11.4 Å². The summed E-state index contributed by atoms with van der Waals surface area (Å²) in [4.78, 5) is 38.6. The molecule has 8 nitrogen and oxygen atoms in total. The maximum Gasteiger partial charge on any atom is 0.281 e. The van der Waals surface area contributed by atoms with Crippen molar-refractivity contribution in [3.63, 3.8) is 0 Å². The number of carbonyl (C=O) groups is 3. The van der Waals surface area contributed by atoms with Crippen LogP contribution >= 0.6 is 7.14 Å². The first-order valence-corrected chi connectivity index (χ1v) is 13.6. The summed E-state index contributed by atoms with van der Waals surface area (Å²) < 4.78 is 15.2. The van der Waals surface area contributed by atoms with Gasteiger partial charge in [0.05, 0.1) is 12.3 Å². The van der Waals surface area contributed by atoms with Crippen LogP contribution in [-0.4, -0.2) is 47.5 Å². The predicted octanol–water partition coefficient (Wildman–Crippen LogP) is -1.40. The van der Waals surface area contributed by atoms with Gasteiger partial charge in [-0.15, -0.1) is 0 Å². The molecule has 35 heavy (non-hydrogen) atoms. The number of hydrogen-bond donors (Lipinski definition) is 3. The number of hydrogen-bond acceptors (Lipinski definition) is 4. The Kier molecular flexibility index (Phi) is 8.75. The second-order valence-electron chi connectivity index (χ2n) is 9.05. The molecule has 0 spiro atoms. The van der Waals surface area contributed by atoms with E-state index in [4.69, 9.17) is 0 Å². The van der Waals surface area contributed by atoms with Gasteiger partial charge in [-0.05, 0) is 37.1 Å². The Morgan fingerprint density at radius 3 is 1.97 bits per heavy atom. The van der Waals surface area contributed by atoms with Crippen LogP contribution in [0.3, 0.4) is 0 Å². The maximum absolute atomic E-state index is 15.2. The minimum absolute atomic E-state index is 0. The highest BCUT2D eigenvalue weighted by molar-refractivity contribution is 7.79. The Balaban J connectivity index is 0.00000342. The topological polar surface area (TPSA) is 112 Å². The number of nitrogens with zero attached hydrogens (tertiary/aromatic N) is 1. The molecule has 2 fully saturated rings. The van der Waals surface area contributed by atoms with Crippen LogP contribution in [0.25, 0.3) is 0 Å². The van der Waals surface area contributed by atoms with E-state index in [-0.39, 0.29) is 36.2 Å². The zero-order chi connectivity index (χ0) is 24.3. The SMILES string of the molecule is CC(=O)Nc1cccc(P(=O)(c2cccc(NC(C)=O)c2)C2CCCN2C(=O)[C@@H]2CCC[NH2+]2)c1.[Cl-]. The molecule has 2 saturated heterocycles. The molecule has 0 aromatic heterocycles. The van der Waals surface area contributed by atoms with E-state index in [1.54, 1.807) is 48.5 Å².